The van der Waals surface area contributed by atoms with Crippen LogP contribution in [-0.4, -0.2) is 73.8 Å². The van der Waals surface area contributed by atoms with E-state index in [4.69, 9.17) is 0 Å². The van der Waals surface area contributed by atoms with Crippen LogP contribution in [0.15, 0.2) is 0 Å². The summed E-state index contributed by atoms with van der Waals surface area (Å²) in [5.41, 5.74) is -5.18. The van der Waals surface area contributed by atoms with Crippen molar-refractivity contribution >= 4 is 0 Å². The molecule has 0 N–H and O–H groups in total. The number of hydrogen-bond donors (Lipinski definition) is 0. The first-order chi connectivity index (χ1) is 13.6. The number of ether oxygens (including phenoxy) is 1. The Morgan fingerprint density at radius 2 is 1.35 bits per heavy atom. The maximum absolute atomic E-state index is 14.5. The minimum Gasteiger partial charge on any atom is -0.371 e. The Hall–Kier alpha value is -1.06. The molecule has 16 heteroatoms. The van der Waals surface area contributed by atoms with Gasteiger partial charge in [-0.05, 0) is 12.3 Å². The second-order valence-electron chi connectivity index (χ2n) is 7.39. The Kier molecular flexibility index (Phi) is 8.17. The molecule has 186 valence electrons. The van der Waals surface area contributed by atoms with Crippen molar-refractivity contribution in [3.63, 3.8) is 0 Å². The fraction of sp³-hybridized carbons (Fsp3) is 1.00. The van der Waals surface area contributed by atoms with E-state index in [1.807, 2.05) is 0 Å². The van der Waals surface area contributed by atoms with E-state index < -0.39 is 87.1 Å². The molecule has 1 heterocycles. The first kappa shape index (κ1) is 28.0. The van der Waals surface area contributed by atoms with E-state index in [1.54, 1.807) is 0 Å². The molecular formula is C15H17F14NO. The molecule has 0 aromatic rings. The van der Waals surface area contributed by atoms with Crippen LogP contribution < -0.4 is 0 Å². The molecule has 1 fully saturated rings. The predicted molar refractivity (Wildman–Crippen MR) is 76.4 cm³/mol. The molecule has 0 saturated carbocycles. The molecule has 2 nitrogen and oxygen atoms in total. The third-order valence-corrected chi connectivity index (χ3v) is 4.59. The van der Waals surface area contributed by atoms with Gasteiger partial charge in [-0.15, -0.1) is 0 Å². The van der Waals surface area contributed by atoms with Crippen molar-refractivity contribution in [3.8, 4) is 0 Å². The molecule has 0 aliphatic carbocycles. The van der Waals surface area contributed by atoms with Gasteiger partial charge in [-0.1, -0.05) is 6.92 Å². The van der Waals surface area contributed by atoms with Gasteiger partial charge in [0.25, 0.3) is 11.8 Å². The van der Waals surface area contributed by atoms with Crippen LogP contribution in [0.4, 0.5) is 61.5 Å². The summed E-state index contributed by atoms with van der Waals surface area (Å²) in [6.07, 6.45) is -26.6. The van der Waals surface area contributed by atoms with Crippen molar-refractivity contribution in [2.45, 2.75) is 55.9 Å². The lowest BCUT2D eigenvalue weighted by Crippen LogP contribution is -2.62. The molecule has 0 amide bonds. The Morgan fingerprint density at radius 1 is 0.839 bits per heavy atom. The van der Waals surface area contributed by atoms with E-state index in [0.29, 0.717) is 0 Å². The molecular weight excluding hydrogens is 476 g/mol. The van der Waals surface area contributed by atoms with Gasteiger partial charge in [0, 0.05) is 13.1 Å². The minimum absolute atomic E-state index is 0.130. The first-order valence-corrected chi connectivity index (χ1v) is 8.49. The molecule has 0 aromatic heterocycles. The molecule has 0 bridgehead atoms. The number of likely N-dealkylation sites (tertiary alicyclic amines) is 1. The molecule has 1 rings (SSSR count). The average molecular weight is 493 g/mol. The standard InChI is InChI=1S/C15H17F14NO/c1-7-2-8(13(21,22)23)4-30(3-7)10(17)11(18,15(27,28)29)5-31-6-12(19,20)9(16)14(24,25)26/h7-10H,2-6H2,1H3. The Balaban J connectivity index is 3.01. The minimum atomic E-state index is -6.21. The van der Waals surface area contributed by atoms with Crippen LogP contribution in [0.1, 0.15) is 13.3 Å². The highest BCUT2D eigenvalue weighted by Crippen LogP contribution is 2.44. The summed E-state index contributed by atoms with van der Waals surface area (Å²) in [7, 11) is 0. The van der Waals surface area contributed by atoms with Crippen molar-refractivity contribution in [1.82, 2.24) is 4.90 Å². The van der Waals surface area contributed by atoms with Gasteiger partial charge in [0.1, 0.15) is 6.61 Å². The maximum Gasteiger partial charge on any atom is 0.429 e. The Labute approximate surface area is 166 Å². The summed E-state index contributed by atoms with van der Waals surface area (Å²) in [6, 6.07) is 0. The van der Waals surface area contributed by atoms with E-state index in [2.05, 4.69) is 4.74 Å². The van der Waals surface area contributed by atoms with Gasteiger partial charge in [-0.3, -0.25) is 4.90 Å². The average Bonchev–Trinajstić information content (AvgIpc) is 2.56. The zero-order valence-corrected chi connectivity index (χ0v) is 15.5. The van der Waals surface area contributed by atoms with Crippen molar-refractivity contribution in [1.29, 1.82) is 0 Å². The number of hydrogen-bond acceptors (Lipinski definition) is 2. The van der Waals surface area contributed by atoms with Crippen LogP contribution in [0.2, 0.25) is 0 Å². The van der Waals surface area contributed by atoms with Gasteiger partial charge < -0.3 is 4.74 Å². The highest BCUT2D eigenvalue weighted by molar-refractivity contribution is 4.97. The zero-order chi connectivity index (χ0) is 24.6. The third kappa shape index (κ3) is 6.71. The van der Waals surface area contributed by atoms with Crippen LogP contribution in [0.25, 0.3) is 0 Å². The summed E-state index contributed by atoms with van der Waals surface area (Å²) >= 11 is 0. The maximum atomic E-state index is 14.5. The normalized spacial score (nSPS) is 26.4. The molecule has 0 aromatic carbocycles. The molecule has 1 aliphatic rings. The van der Waals surface area contributed by atoms with Crippen molar-refractivity contribution in [2.75, 3.05) is 26.3 Å². The monoisotopic (exact) mass is 493 g/mol. The number of alkyl halides is 14. The predicted octanol–water partition coefficient (Wildman–Crippen LogP) is 5.63. The second kappa shape index (κ2) is 9.06. The van der Waals surface area contributed by atoms with E-state index in [1.165, 1.54) is 0 Å². The number of nitrogens with zero attached hydrogens (tertiary/aromatic N) is 1. The van der Waals surface area contributed by atoms with Gasteiger partial charge in [-0.2, -0.15) is 39.5 Å². The molecule has 5 unspecified atom stereocenters. The molecule has 5 atom stereocenters. The molecule has 1 saturated heterocycles. The summed E-state index contributed by atoms with van der Waals surface area (Å²) in [5, 5.41) is 0. The summed E-state index contributed by atoms with van der Waals surface area (Å²) in [4.78, 5) is -0.130. The first-order valence-electron chi connectivity index (χ1n) is 8.49. The molecule has 0 radical (unpaired) electrons. The highest BCUT2D eigenvalue weighted by atomic mass is 19.4. The summed E-state index contributed by atoms with van der Waals surface area (Å²) < 4.78 is 186. The summed E-state index contributed by atoms with van der Waals surface area (Å²) in [5.74, 6) is -8.77. The van der Waals surface area contributed by atoms with E-state index >= 15 is 0 Å². The molecule has 0 spiro atoms. The SMILES string of the molecule is CC1CC(C(F)(F)F)CN(C(F)C(F)(COCC(F)(F)C(F)C(F)(F)F)C(F)(F)F)C1. The smallest absolute Gasteiger partial charge is 0.371 e. The lowest BCUT2D eigenvalue weighted by Gasteiger charge is -2.43. The van der Waals surface area contributed by atoms with Crippen LogP contribution in [-0.2, 0) is 4.74 Å². The van der Waals surface area contributed by atoms with Crippen LogP contribution in [0, 0.1) is 11.8 Å². The Bertz CT molecular complexity index is 588. The highest BCUT2D eigenvalue weighted by Gasteiger charge is 2.65. The van der Waals surface area contributed by atoms with Crippen LogP contribution in [0.5, 0.6) is 0 Å². The quantitative estimate of drug-likeness (QED) is 0.337. The molecule has 31 heavy (non-hydrogen) atoms. The fourth-order valence-corrected chi connectivity index (χ4v) is 3.04. The van der Waals surface area contributed by atoms with Crippen LogP contribution >= 0.6 is 0 Å². The summed E-state index contributed by atoms with van der Waals surface area (Å²) in [6.45, 7) is -6.34. The van der Waals surface area contributed by atoms with Gasteiger partial charge >= 0.3 is 24.5 Å². The van der Waals surface area contributed by atoms with Crippen molar-refractivity contribution < 1.29 is 66.2 Å². The number of rotatable bonds is 7. The van der Waals surface area contributed by atoms with E-state index in [-0.39, 0.29) is 4.90 Å². The molecule has 1 aliphatic heterocycles. The lowest BCUT2D eigenvalue weighted by atomic mass is 9.88. The van der Waals surface area contributed by atoms with E-state index in [0.717, 1.165) is 6.92 Å². The zero-order valence-electron chi connectivity index (χ0n) is 15.5. The second-order valence-corrected chi connectivity index (χ2v) is 7.39. The van der Waals surface area contributed by atoms with Crippen LogP contribution in [0.3, 0.4) is 0 Å². The number of piperidine rings is 1. The third-order valence-electron chi connectivity index (χ3n) is 4.59. The largest absolute Gasteiger partial charge is 0.429 e. The van der Waals surface area contributed by atoms with Gasteiger partial charge in [-0.25, -0.2) is 22.0 Å². The van der Waals surface area contributed by atoms with Crippen molar-refractivity contribution in [2.24, 2.45) is 11.8 Å². The van der Waals surface area contributed by atoms with E-state index in [9.17, 15) is 61.5 Å². The topological polar surface area (TPSA) is 12.5 Å². The van der Waals surface area contributed by atoms with Gasteiger partial charge in [0.05, 0.1) is 12.5 Å². The van der Waals surface area contributed by atoms with Gasteiger partial charge in [0.2, 0.25) is 0 Å². The lowest BCUT2D eigenvalue weighted by molar-refractivity contribution is -0.298. The number of halogens is 14. The Morgan fingerprint density at radius 3 is 1.77 bits per heavy atom. The van der Waals surface area contributed by atoms with Crippen molar-refractivity contribution in [3.05, 3.63) is 0 Å². The fourth-order valence-electron chi connectivity index (χ4n) is 3.04. The van der Waals surface area contributed by atoms with Gasteiger partial charge in [0.15, 0.2) is 6.30 Å².